The van der Waals surface area contributed by atoms with Crippen LogP contribution in [0.3, 0.4) is 0 Å². The first kappa shape index (κ1) is 14.7. The molecule has 2 rings (SSSR count). The number of hydrogen-bond acceptors (Lipinski definition) is 2. The van der Waals surface area contributed by atoms with Crippen LogP contribution in [-0.4, -0.2) is 9.78 Å². The van der Waals surface area contributed by atoms with Crippen LogP contribution in [0.4, 0.5) is 0 Å². The molecule has 1 aromatic heterocycles. The van der Waals surface area contributed by atoms with E-state index in [1.165, 1.54) is 11.1 Å². The van der Waals surface area contributed by atoms with E-state index in [1.54, 1.807) is 0 Å². The molecule has 0 aliphatic rings. The highest BCUT2D eigenvalue weighted by atomic mass is 35.5. The molecular weight excluding hydrogens is 246 g/mol. The van der Waals surface area contributed by atoms with E-state index in [0.717, 1.165) is 26.1 Å². The summed E-state index contributed by atoms with van der Waals surface area (Å²) in [5, 5.41) is 7.73. The van der Waals surface area contributed by atoms with Crippen molar-refractivity contribution >= 4 is 12.4 Å². The van der Waals surface area contributed by atoms with Crippen molar-refractivity contribution in [3.63, 3.8) is 0 Å². The number of nitrogens with zero attached hydrogens (tertiary/aromatic N) is 2. The lowest BCUT2D eigenvalue weighted by molar-refractivity contribution is 0.601. The van der Waals surface area contributed by atoms with E-state index in [-0.39, 0.29) is 12.4 Å². The second-order valence-electron chi connectivity index (χ2n) is 4.20. The van der Waals surface area contributed by atoms with Crippen molar-refractivity contribution in [1.29, 1.82) is 0 Å². The molecule has 1 N–H and O–H groups in total. The fourth-order valence-corrected chi connectivity index (χ4v) is 1.80. The van der Waals surface area contributed by atoms with Gasteiger partial charge in [-0.15, -0.1) is 12.4 Å². The number of halogens is 1. The SMILES string of the molecule is CCCn1cc(CNCc2ccccc2)cn1.Cl. The van der Waals surface area contributed by atoms with Gasteiger partial charge in [-0.25, -0.2) is 0 Å². The number of nitrogens with one attached hydrogen (secondary N) is 1. The zero-order valence-corrected chi connectivity index (χ0v) is 11.5. The Kier molecular flexibility index (Phi) is 6.47. The number of rotatable bonds is 6. The van der Waals surface area contributed by atoms with Crippen molar-refractivity contribution in [2.45, 2.75) is 33.0 Å². The molecule has 0 aliphatic carbocycles. The zero-order valence-electron chi connectivity index (χ0n) is 10.7. The zero-order chi connectivity index (χ0) is 11.9. The maximum Gasteiger partial charge on any atom is 0.0534 e. The smallest absolute Gasteiger partial charge is 0.0534 e. The molecule has 0 unspecified atom stereocenters. The average Bonchev–Trinajstić information content (AvgIpc) is 2.79. The highest BCUT2D eigenvalue weighted by Crippen LogP contribution is 2.01. The first-order valence-electron chi connectivity index (χ1n) is 6.14. The summed E-state index contributed by atoms with van der Waals surface area (Å²) in [5.41, 5.74) is 2.56. The lowest BCUT2D eigenvalue weighted by Crippen LogP contribution is -2.12. The van der Waals surface area contributed by atoms with Gasteiger partial charge in [0.05, 0.1) is 6.20 Å². The monoisotopic (exact) mass is 265 g/mol. The van der Waals surface area contributed by atoms with E-state index in [9.17, 15) is 0 Å². The molecule has 3 nitrogen and oxygen atoms in total. The third-order valence-electron chi connectivity index (χ3n) is 2.64. The van der Waals surface area contributed by atoms with Crippen molar-refractivity contribution in [3.05, 3.63) is 53.9 Å². The number of benzene rings is 1. The second-order valence-corrected chi connectivity index (χ2v) is 4.20. The summed E-state index contributed by atoms with van der Waals surface area (Å²) in [5.74, 6) is 0. The minimum absolute atomic E-state index is 0. The summed E-state index contributed by atoms with van der Waals surface area (Å²) >= 11 is 0. The number of aryl methyl sites for hydroxylation is 1. The molecule has 0 spiro atoms. The van der Waals surface area contributed by atoms with Crippen molar-refractivity contribution in [2.24, 2.45) is 0 Å². The summed E-state index contributed by atoms with van der Waals surface area (Å²) in [6, 6.07) is 10.4. The molecule has 0 saturated heterocycles. The van der Waals surface area contributed by atoms with Crippen molar-refractivity contribution < 1.29 is 0 Å². The predicted molar refractivity (Wildman–Crippen MR) is 76.8 cm³/mol. The highest BCUT2D eigenvalue weighted by Gasteiger charge is 1.97. The fourth-order valence-electron chi connectivity index (χ4n) is 1.80. The highest BCUT2D eigenvalue weighted by molar-refractivity contribution is 5.85. The summed E-state index contributed by atoms with van der Waals surface area (Å²) in [6.45, 7) is 4.94. The Labute approximate surface area is 115 Å². The van der Waals surface area contributed by atoms with Crippen LogP contribution < -0.4 is 5.32 Å². The van der Waals surface area contributed by atoms with E-state index in [2.05, 4.69) is 47.8 Å². The Balaban J connectivity index is 0.00000162. The fraction of sp³-hybridized carbons (Fsp3) is 0.357. The van der Waals surface area contributed by atoms with Crippen LogP contribution in [0.5, 0.6) is 0 Å². The van der Waals surface area contributed by atoms with Crippen LogP contribution in [0.25, 0.3) is 0 Å². The van der Waals surface area contributed by atoms with Gasteiger partial charge in [0.1, 0.15) is 0 Å². The van der Waals surface area contributed by atoms with Gasteiger partial charge in [0.2, 0.25) is 0 Å². The summed E-state index contributed by atoms with van der Waals surface area (Å²) < 4.78 is 2.00. The van der Waals surface area contributed by atoms with Gasteiger partial charge < -0.3 is 5.32 Å². The molecule has 0 radical (unpaired) electrons. The standard InChI is InChI=1S/C14H19N3.ClH/c1-2-8-17-12-14(11-16-17)10-15-9-13-6-4-3-5-7-13;/h3-7,11-12,15H,2,8-10H2,1H3;1H. The van der Waals surface area contributed by atoms with E-state index < -0.39 is 0 Å². The lowest BCUT2D eigenvalue weighted by atomic mass is 10.2. The Morgan fingerprint density at radius 3 is 2.56 bits per heavy atom. The van der Waals surface area contributed by atoms with Crippen LogP contribution in [0.2, 0.25) is 0 Å². The van der Waals surface area contributed by atoms with Gasteiger partial charge in [-0.2, -0.15) is 5.10 Å². The van der Waals surface area contributed by atoms with Crippen molar-refractivity contribution in [2.75, 3.05) is 0 Å². The molecule has 0 atom stereocenters. The Bertz CT molecular complexity index is 439. The van der Waals surface area contributed by atoms with Gasteiger partial charge in [-0.3, -0.25) is 4.68 Å². The molecule has 0 amide bonds. The van der Waals surface area contributed by atoms with Crippen LogP contribution in [-0.2, 0) is 19.6 Å². The van der Waals surface area contributed by atoms with Gasteiger partial charge in [0.15, 0.2) is 0 Å². The topological polar surface area (TPSA) is 29.9 Å². The van der Waals surface area contributed by atoms with Gasteiger partial charge in [0, 0.05) is 31.4 Å². The van der Waals surface area contributed by atoms with Crippen molar-refractivity contribution in [3.8, 4) is 0 Å². The number of aromatic nitrogens is 2. The Hall–Kier alpha value is -1.32. The molecule has 18 heavy (non-hydrogen) atoms. The third kappa shape index (κ3) is 4.51. The molecule has 2 aromatic rings. The van der Waals surface area contributed by atoms with Crippen LogP contribution in [0, 0.1) is 0 Å². The van der Waals surface area contributed by atoms with Gasteiger partial charge >= 0.3 is 0 Å². The van der Waals surface area contributed by atoms with Crippen LogP contribution >= 0.6 is 12.4 Å². The molecule has 1 heterocycles. The maximum absolute atomic E-state index is 4.31. The molecule has 0 bridgehead atoms. The van der Waals surface area contributed by atoms with Crippen molar-refractivity contribution in [1.82, 2.24) is 15.1 Å². The average molecular weight is 266 g/mol. The molecule has 0 aliphatic heterocycles. The van der Waals surface area contributed by atoms with Gasteiger partial charge in [-0.1, -0.05) is 37.3 Å². The largest absolute Gasteiger partial charge is 0.309 e. The van der Waals surface area contributed by atoms with E-state index in [4.69, 9.17) is 0 Å². The molecular formula is C14H20ClN3. The van der Waals surface area contributed by atoms with Crippen LogP contribution in [0.1, 0.15) is 24.5 Å². The van der Waals surface area contributed by atoms with E-state index in [0.29, 0.717) is 0 Å². The normalized spacial score (nSPS) is 10.1. The summed E-state index contributed by atoms with van der Waals surface area (Å²) in [7, 11) is 0. The van der Waals surface area contributed by atoms with Gasteiger partial charge in [0.25, 0.3) is 0 Å². The first-order chi connectivity index (χ1) is 8.38. The minimum Gasteiger partial charge on any atom is -0.309 e. The van der Waals surface area contributed by atoms with Gasteiger partial charge in [-0.05, 0) is 12.0 Å². The Morgan fingerprint density at radius 1 is 1.11 bits per heavy atom. The quantitative estimate of drug-likeness (QED) is 0.870. The minimum atomic E-state index is 0. The Morgan fingerprint density at radius 2 is 1.83 bits per heavy atom. The summed E-state index contributed by atoms with van der Waals surface area (Å²) in [6.07, 6.45) is 5.17. The maximum atomic E-state index is 4.31. The molecule has 1 aromatic carbocycles. The first-order valence-corrected chi connectivity index (χ1v) is 6.14. The lowest BCUT2D eigenvalue weighted by Gasteiger charge is -2.02. The molecule has 4 heteroatoms. The number of hydrogen-bond donors (Lipinski definition) is 1. The second kappa shape index (κ2) is 7.90. The van der Waals surface area contributed by atoms with E-state index >= 15 is 0 Å². The predicted octanol–water partition coefficient (Wildman–Crippen LogP) is 3.00. The summed E-state index contributed by atoms with van der Waals surface area (Å²) in [4.78, 5) is 0. The van der Waals surface area contributed by atoms with Crippen LogP contribution in [0.15, 0.2) is 42.7 Å². The molecule has 0 fully saturated rings. The third-order valence-corrected chi connectivity index (χ3v) is 2.64. The molecule has 0 saturated carbocycles. The molecule has 98 valence electrons. The van der Waals surface area contributed by atoms with E-state index in [1.807, 2.05) is 16.9 Å².